The Kier molecular flexibility index (Phi) is 4.11. The molecule has 2 heterocycles. The highest BCUT2D eigenvalue weighted by atomic mass is 19.4. The number of halogens is 3. The molecule has 0 radical (unpaired) electrons. The van der Waals surface area contributed by atoms with Crippen molar-refractivity contribution in [2.75, 3.05) is 0 Å². The molecule has 2 N–H and O–H groups in total. The zero-order valence-corrected chi connectivity index (χ0v) is 13.2. The average molecular weight is 347 g/mol. The Bertz CT molecular complexity index is 664. The average Bonchev–Trinajstić information content (AvgIpc) is 3.00. The van der Waals surface area contributed by atoms with Crippen LogP contribution < -0.4 is 10.6 Å². The largest absolute Gasteiger partial charge is 0.467 e. The lowest BCUT2D eigenvalue weighted by Gasteiger charge is -2.32. The first kappa shape index (κ1) is 17.8. The van der Waals surface area contributed by atoms with Crippen molar-refractivity contribution >= 4 is 17.8 Å². The van der Waals surface area contributed by atoms with Crippen LogP contribution in [0.1, 0.15) is 26.5 Å². The topological polar surface area (TPSA) is 91.7 Å². The van der Waals surface area contributed by atoms with E-state index in [9.17, 15) is 27.6 Å². The van der Waals surface area contributed by atoms with Gasteiger partial charge in [-0.15, -0.1) is 0 Å². The summed E-state index contributed by atoms with van der Waals surface area (Å²) in [5.74, 6) is -2.53. The maximum absolute atomic E-state index is 13.5. The Hall–Kier alpha value is -2.52. The van der Waals surface area contributed by atoms with Gasteiger partial charge < -0.3 is 9.73 Å². The van der Waals surface area contributed by atoms with Gasteiger partial charge in [0, 0.05) is 5.41 Å². The van der Waals surface area contributed by atoms with Crippen LogP contribution in [-0.2, 0) is 16.1 Å². The molecule has 0 unspecified atom stereocenters. The van der Waals surface area contributed by atoms with Gasteiger partial charge in [-0.1, -0.05) is 20.8 Å². The van der Waals surface area contributed by atoms with Crippen LogP contribution in [0.4, 0.5) is 18.0 Å². The molecule has 0 spiro atoms. The fourth-order valence-corrected chi connectivity index (χ4v) is 1.98. The molecule has 4 amide bonds. The molecule has 1 atom stereocenters. The maximum Gasteiger partial charge on any atom is 0.440 e. The van der Waals surface area contributed by atoms with Crippen molar-refractivity contribution in [2.45, 2.75) is 39.2 Å². The van der Waals surface area contributed by atoms with Crippen LogP contribution in [0, 0.1) is 5.41 Å². The molecule has 1 saturated heterocycles. The number of amides is 4. The van der Waals surface area contributed by atoms with E-state index in [-0.39, 0.29) is 5.76 Å². The van der Waals surface area contributed by atoms with Crippen LogP contribution in [0.3, 0.4) is 0 Å². The minimum Gasteiger partial charge on any atom is -0.467 e. The Morgan fingerprint density at radius 2 is 1.96 bits per heavy atom. The van der Waals surface area contributed by atoms with E-state index in [0.29, 0.717) is 4.90 Å². The Labute approximate surface area is 135 Å². The van der Waals surface area contributed by atoms with Gasteiger partial charge in [0.2, 0.25) is 5.91 Å². The predicted molar refractivity (Wildman–Crippen MR) is 74.2 cm³/mol. The number of hydrogen-bond donors (Lipinski definition) is 2. The van der Waals surface area contributed by atoms with Gasteiger partial charge in [0.15, 0.2) is 0 Å². The van der Waals surface area contributed by atoms with E-state index in [1.807, 2.05) is 0 Å². The highest BCUT2D eigenvalue weighted by molar-refractivity contribution is 6.09. The molecule has 0 aliphatic carbocycles. The third kappa shape index (κ3) is 2.95. The van der Waals surface area contributed by atoms with Gasteiger partial charge in [-0.2, -0.15) is 13.2 Å². The number of urea groups is 1. The van der Waals surface area contributed by atoms with Crippen LogP contribution in [0.15, 0.2) is 22.8 Å². The number of nitrogens with one attached hydrogen (secondary N) is 2. The lowest BCUT2D eigenvalue weighted by atomic mass is 9.94. The smallest absolute Gasteiger partial charge is 0.440 e. The van der Waals surface area contributed by atoms with Crippen molar-refractivity contribution in [2.24, 2.45) is 5.41 Å². The minimum atomic E-state index is -5.22. The summed E-state index contributed by atoms with van der Waals surface area (Å²) in [5, 5.41) is 3.21. The Morgan fingerprint density at radius 3 is 2.42 bits per heavy atom. The van der Waals surface area contributed by atoms with E-state index >= 15 is 0 Å². The summed E-state index contributed by atoms with van der Waals surface area (Å²) < 4.78 is 45.6. The molecule has 1 aliphatic rings. The van der Waals surface area contributed by atoms with E-state index in [0.717, 1.165) is 0 Å². The third-order valence-corrected chi connectivity index (χ3v) is 3.41. The summed E-state index contributed by atoms with van der Waals surface area (Å²) in [7, 11) is 0. The van der Waals surface area contributed by atoms with Crippen molar-refractivity contribution in [3.8, 4) is 0 Å². The molecular formula is C14H16F3N3O4. The van der Waals surface area contributed by atoms with Gasteiger partial charge in [0.05, 0.1) is 12.8 Å². The second-order valence-corrected chi connectivity index (χ2v) is 6.35. The highest BCUT2D eigenvalue weighted by Gasteiger charge is 2.69. The van der Waals surface area contributed by atoms with Crippen molar-refractivity contribution in [3.05, 3.63) is 24.2 Å². The highest BCUT2D eigenvalue weighted by Crippen LogP contribution is 2.35. The van der Waals surface area contributed by atoms with E-state index in [1.54, 1.807) is 10.6 Å². The summed E-state index contributed by atoms with van der Waals surface area (Å²) >= 11 is 0. The van der Waals surface area contributed by atoms with Crippen LogP contribution in [0.5, 0.6) is 0 Å². The first-order valence-corrected chi connectivity index (χ1v) is 6.94. The Balaban J connectivity index is 2.37. The number of nitrogens with zero attached hydrogens (tertiary/aromatic N) is 1. The summed E-state index contributed by atoms with van der Waals surface area (Å²) in [4.78, 5) is 36.6. The molecule has 2 rings (SSSR count). The summed E-state index contributed by atoms with van der Waals surface area (Å²) in [6.45, 7) is 3.66. The first-order valence-electron chi connectivity index (χ1n) is 6.94. The number of carbonyl (C=O) groups is 3. The molecule has 0 aromatic carbocycles. The lowest BCUT2D eigenvalue weighted by Crippen LogP contribution is -2.70. The normalized spacial score (nSPS) is 21.8. The minimum absolute atomic E-state index is 0.124. The SMILES string of the molecule is CC(C)(C)C(=O)N[C@@]1(C(F)(F)F)NC(=O)N(Cc2ccco2)C1=O. The fourth-order valence-electron chi connectivity index (χ4n) is 1.98. The molecule has 7 nitrogen and oxygen atoms in total. The van der Waals surface area contributed by atoms with Crippen molar-refractivity contribution < 1.29 is 32.0 Å². The molecule has 10 heteroatoms. The number of imide groups is 1. The van der Waals surface area contributed by atoms with E-state index < -0.39 is 41.6 Å². The molecule has 0 bridgehead atoms. The monoisotopic (exact) mass is 347 g/mol. The van der Waals surface area contributed by atoms with Gasteiger partial charge in [-0.3, -0.25) is 19.8 Å². The van der Waals surface area contributed by atoms with Crippen molar-refractivity contribution in [1.29, 1.82) is 0 Å². The number of alkyl halides is 3. The molecule has 24 heavy (non-hydrogen) atoms. The van der Waals surface area contributed by atoms with Crippen molar-refractivity contribution in [1.82, 2.24) is 15.5 Å². The molecule has 1 aromatic rings. The van der Waals surface area contributed by atoms with E-state index in [2.05, 4.69) is 0 Å². The van der Waals surface area contributed by atoms with Crippen LogP contribution in [0.25, 0.3) is 0 Å². The summed E-state index contributed by atoms with van der Waals surface area (Å²) in [5.41, 5.74) is -4.70. The fraction of sp³-hybridized carbons (Fsp3) is 0.500. The number of rotatable bonds is 3. The molecule has 1 fully saturated rings. The van der Waals surface area contributed by atoms with Crippen LogP contribution in [-0.4, -0.2) is 34.6 Å². The maximum atomic E-state index is 13.5. The first-order chi connectivity index (χ1) is 10.9. The van der Waals surface area contributed by atoms with Crippen LogP contribution >= 0.6 is 0 Å². The third-order valence-electron chi connectivity index (χ3n) is 3.41. The predicted octanol–water partition coefficient (Wildman–Crippen LogP) is 1.75. The number of furan rings is 1. The lowest BCUT2D eigenvalue weighted by molar-refractivity contribution is -0.205. The van der Waals surface area contributed by atoms with Crippen LogP contribution in [0.2, 0.25) is 0 Å². The molecule has 1 aliphatic heterocycles. The summed E-state index contributed by atoms with van der Waals surface area (Å²) in [6.07, 6.45) is -3.97. The van der Waals surface area contributed by atoms with Gasteiger partial charge in [-0.05, 0) is 12.1 Å². The van der Waals surface area contributed by atoms with Crippen molar-refractivity contribution in [3.63, 3.8) is 0 Å². The van der Waals surface area contributed by atoms with Gasteiger partial charge in [0.1, 0.15) is 5.76 Å². The molecular weight excluding hydrogens is 331 g/mol. The Morgan fingerprint density at radius 1 is 1.33 bits per heavy atom. The van der Waals surface area contributed by atoms with E-state index in [1.165, 1.54) is 39.2 Å². The second-order valence-electron chi connectivity index (χ2n) is 6.35. The molecule has 0 saturated carbocycles. The summed E-state index contributed by atoms with van der Waals surface area (Å²) in [6, 6.07) is 1.59. The zero-order chi connectivity index (χ0) is 18.3. The second kappa shape index (κ2) is 5.53. The standard InChI is InChI=1S/C14H16F3N3O4/c1-12(2,3)9(21)18-13(14(15,16)17)10(22)20(11(23)19-13)7-8-5-4-6-24-8/h4-6H,7H2,1-3H3,(H,18,21)(H,19,23)/t13-/m1/s1. The number of carbonyl (C=O) groups excluding carboxylic acids is 3. The number of hydrogen-bond acceptors (Lipinski definition) is 4. The van der Waals surface area contributed by atoms with Gasteiger partial charge >= 0.3 is 12.2 Å². The molecule has 1 aromatic heterocycles. The van der Waals surface area contributed by atoms with E-state index in [4.69, 9.17) is 4.42 Å². The quantitative estimate of drug-likeness (QED) is 0.815. The zero-order valence-electron chi connectivity index (χ0n) is 13.2. The van der Waals surface area contributed by atoms with Gasteiger partial charge in [0.25, 0.3) is 11.6 Å². The van der Waals surface area contributed by atoms with Gasteiger partial charge in [-0.25, -0.2) is 4.79 Å². The molecule has 132 valence electrons.